The van der Waals surface area contributed by atoms with E-state index in [1.807, 2.05) is 18.2 Å². The SMILES string of the molecule is C=Cc1c(/C=C\C)n(C2=C=CC=C2)c2cc3c(cc12)c1ccccc1n3-c1ccc2c(c1)c1ccccc1n2-c1ccccc1. The van der Waals surface area contributed by atoms with Crippen LogP contribution in [0.5, 0.6) is 0 Å². The molecule has 212 valence electrons. The first-order chi connectivity index (χ1) is 22.3. The van der Waals surface area contributed by atoms with Crippen molar-refractivity contribution in [2.45, 2.75) is 6.92 Å². The molecule has 0 fully saturated rings. The molecule has 3 nitrogen and oxygen atoms in total. The van der Waals surface area contributed by atoms with Gasteiger partial charge in [-0.05, 0) is 79.7 Å². The van der Waals surface area contributed by atoms with Crippen LogP contribution in [0.1, 0.15) is 18.2 Å². The number of allylic oxidation sites excluding steroid dienone is 4. The van der Waals surface area contributed by atoms with Gasteiger partial charge in [0.05, 0.1) is 39.0 Å². The van der Waals surface area contributed by atoms with Crippen LogP contribution in [0.2, 0.25) is 0 Å². The molecule has 9 rings (SSSR count). The first kappa shape index (κ1) is 25.5. The van der Waals surface area contributed by atoms with Gasteiger partial charge in [0.1, 0.15) is 0 Å². The van der Waals surface area contributed by atoms with Crippen LogP contribution in [-0.4, -0.2) is 13.7 Å². The topological polar surface area (TPSA) is 14.8 Å². The fourth-order valence-corrected chi connectivity index (χ4v) is 7.28. The second kappa shape index (κ2) is 9.75. The maximum Gasteiger partial charge on any atom is 0.0891 e. The van der Waals surface area contributed by atoms with Crippen molar-refractivity contribution in [1.29, 1.82) is 0 Å². The van der Waals surface area contributed by atoms with Gasteiger partial charge in [0.2, 0.25) is 0 Å². The van der Waals surface area contributed by atoms with Crippen LogP contribution in [0.3, 0.4) is 0 Å². The van der Waals surface area contributed by atoms with Gasteiger partial charge in [-0.15, -0.1) is 0 Å². The van der Waals surface area contributed by atoms with Gasteiger partial charge >= 0.3 is 0 Å². The summed E-state index contributed by atoms with van der Waals surface area (Å²) >= 11 is 0. The Balaban J connectivity index is 1.39. The number of hydrogen-bond acceptors (Lipinski definition) is 0. The van der Waals surface area contributed by atoms with Crippen molar-refractivity contribution >= 4 is 72.4 Å². The number of fused-ring (bicyclic) bond motifs is 7. The molecule has 3 heteroatoms. The number of nitrogens with zero attached hydrogens (tertiary/aromatic N) is 3. The Morgan fingerprint density at radius 3 is 1.91 bits per heavy atom. The van der Waals surface area contributed by atoms with Crippen LogP contribution < -0.4 is 0 Å². The van der Waals surface area contributed by atoms with E-state index in [9.17, 15) is 0 Å². The Bertz CT molecular complexity index is 2640. The zero-order chi connectivity index (χ0) is 30.1. The molecule has 0 saturated heterocycles. The molecule has 0 bridgehead atoms. The zero-order valence-electron chi connectivity index (χ0n) is 24.9. The first-order valence-electron chi connectivity index (χ1n) is 15.4. The summed E-state index contributed by atoms with van der Waals surface area (Å²) < 4.78 is 7.10. The Kier molecular flexibility index (Phi) is 5.52. The highest BCUT2D eigenvalue weighted by Gasteiger charge is 2.21. The third kappa shape index (κ3) is 3.59. The molecule has 0 unspecified atom stereocenters. The maximum absolute atomic E-state index is 4.23. The molecule has 5 aromatic carbocycles. The summed E-state index contributed by atoms with van der Waals surface area (Å²) in [6.07, 6.45) is 12.4. The van der Waals surface area contributed by atoms with E-state index in [0.717, 1.165) is 33.8 Å². The van der Waals surface area contributed by atoms with Gasteiger partial charge in [-0.1, -0.05) is 85.1 Å². The molecule has 1 aliphatic carbocycles. The van der Waals surface area contributed by atoms with Crippen molar-refractivity contribution in [3.63, 3.8) is 0 Å². The van der Waals surface area contributed by atoms with Crippen LogP contribution >= 0.6 is 0 Å². The zero-order valence-corrected chi connectivity index (χ0v) is 24.9. The highest BCUT2D eigenvalue weighted by molar-refractivity contribution is 6.16. The fraction of sp³-hybridized carbons (Fsp3) is 0.0238. The van der Waals surface area contributed by atoms with Crippen molar-refractivity contribution in [3.05, 3.63) is 157 Å². The number of para-hydroxylation sites is 3. The van der Waals surface area contributed by atoms with Gasteiger partial charge in [0.15, 0.2) is 0 Å². The molecule has 0 radical (unpaired) electrons. The molecule has 0 atom stereocenters. The van der Waals surface area contributed by atoms with Crippen LogP contribution in [-0.2, 0) is 0 Å². The normalized spacial score (nSPS) is 13.0. The summed E-state index contributed by atoms with van der Waals surface area (Å²) in [5, 5.41) is 6.12. The van der Waals surface area contributed by atoms with Crippen LogP contribution in [0.25, 0.3) is 83.7 Å². The lowest BCUT2D eigenvalue weighted by molar-refractivity contribution is 1.15. The number of benzene rings is 5. The van der Waals surface area contributed by atoms with E-state index in [1.165, 1.54) is 49.0 Å². The molecule has 0 N–H and O–H groups in total. The van der Waals surface area contributed by atoms with E-state index in [2.05, 4.69) is 160 Å². The maximum atomic E-state index is 4.23. The van der Waals surface area contributed by atoms with E-state index >= 15 is 0 Å². The first-order valence-corrected chi connectivity index (χ1v) is 15.4. The van der Waals surface area contributed by atoms with Crippen LogP contribution in [0.4, 0.5) is 0 Å². The fourth-order valence-electron chi connectivity index (χ4n) is 7.28. The predicted molar refractivity (Wildman–Crippen MR) is 192 cm³/mol. The summed E-state index contributed by atoms with van der Waals surface area (Å²) in [5.41, 5.74) is 14.9. The Morgan fingerprint density at radius 2 is 1.22 bits per heavy atom. The van der Waals surface area contributed by atoms with E-state index in [-0.39, 0.29) is 0 Å². The lowest BCUT2D eigenvalue weighted by Crippen LogP contribution is -1.97. The van der Waals surface area contributed by atoms with Crippen molar-refractivity contribution in [3.8, 4) is 11.4 Å². The van der Waals surface area contributed by atoms with Crippen molar-refractivity contribution in [2.24, 2.45) is 0 Å². The second-order valence-electron chi connectivity index (χ2n) is 11.5. The summed E-state index contributed by atoms with van der Waals surface area (Å²) in [6, 6.07) is 39.7. The van der Waals surface area contributed by atoms with E-state index in [0.29, 0.717) is 0 Å². The van der Waals surface area contributed by atoms with Crippen molar-refractivity contribution in [2.75, 3.05) is 0 Å². The molecule has 0 saturated carbocycles. The third-order valence-electron chi connectivity index (χ3n) is 9.12. The average molecular weight is 576 g/mol. The second-order valence-corrected chi connectivity index (χ2v) is 11.5. The quantitative estimate of drug-likeness (QED) is 0.181. The number of aromatic nitrogens is 3. The average Bonchev–Trinajstić information content (AvgIpc) is 3.86. The Labute approximate surface area is 260 Å². The minimum absolute atomic E-state index is 1.03. The summed E-state index contributed by atoms with van der Waals surface area (Å²) in [5.74, 6) is 0. The Hall–Kier alpha value is -6.02. The third-order valence-corrected chi connectivity index (χ3v) is 9.12. The number of hydrogen-bond donors (Lipinski definition) is 0. The largest absolute Gasteiger partial charge is 0.309 e. The van der Waals surface area contributed by atoms with E-state index in [1.54, 1.807) is 0 Å². The standard InChI is InChI=1S/C42H29N3/c1-3-14-37-31(4-2)35-26-36-33-20-11-13-22-39(33)45(42(36)27-41(35)44(37)29-17-8-9-18-29)30-23-24-40-34(25-30)32-19-10-12-21-38(32)43(40)28-15-6-5-7-16-28/h3-17,19-27H,2H2,1H3/b14-3-. The van der Waals surface area contributed by atoms with Crippen LogP contribution in [0.15, 0.2) is 146 Å². The molecule has 3 aromatic heterocycles. The summed E-state index contributed by atoms with van der Waals surface area (Å²) in [7, 11) is 0. The molecule has 45 heavy (non-hydrogen) atoms. The lowest BCUT2D eigenvalue weighted by Gasteiger charge is -2.11. The van der Waals surface area contributed by atoms with Crippen LogP contribution in [0, 0.1) is 0 Å². The predicted octanol–water partition coefficient (Wildman–Crippen LogP) is 11.1. The minimum Gasteiger partial charge on any atom is -0.309 e. The van der Waals surface area contributed by atoms with Gasteiger partial charge in [0, 0.05) is 43.9 Å². The van der Waals surface area contributed by atoms with Gasteiger partial charge < -0.3 is 13.7 Å². The smallest absolute Gasteiger partial charge is 0.0891 e. The molecular formula is C42H29N3. The molecule has 0 aliphatic heterocycles. The molecule has 0 amide bonds. The Morgan fingerprint density at radius 1 is 0.578 bits per heavy atom. The van der Waals surface area contributed by atoms with Gasteiger partial charge in [0.25, 0.3) is 0 Å². The summed E-state index contributed by atoms with van der Waals surface area (Å²) in [6.45, 7) is 6.29. The monoisotopic (exact) mass is 575 g/mol. The highest BCUT2D eigenvalue weighted by atomic mass is 15.0. The van der Waals surface area contributed by atoms with Gasteiger partial charge in [-0.2, -0.15) is 0 Å². The highest BCUT2D eigenvalue weighted by Crippen LogP contribution is 2.41. The van der Waals surface area contributed by atoms with Gasteiger partial charge in [-0.25, -0.2) is 0 Å². The van der Waals surface area contributed by atoms with Crippen molar-refractivity contribution < 1.29 is 0 Å². The van der Waals surface area contributed by atoms with Crippen molar-refractivity contribution in [1.82, 2.24) is 13.7 Å². The molecule has 8 aromatic rings. The number of rotatable bonds is 5. The molecule has 3 heterocycles. The summed E-state index contributed by atoms with van der Waals surface area (Å²) in [4.78, 5) is 0. The van der Waals surface area contributed by atoms with E-state index in [4.69, 9.17) is 0 Å². The molecular weight excluding hydrogens is 546 g/mol. The minimum atomic E-state index is 1.03. The van der Waals surface area contributed by atoms with E-state index < -0.39 is 0 Å². The lowest BCUT2D eigenvalue weighted by atomic mass is 10.1. The van der Waals surface area contributed by atoms with Gasteiger partial charge in [-0.3, -0.25) is 0 Å². The molecule has 1 aliphatic rings. The molecule has 0 spiro atoms.